The minimum atomic E-state index is -0.262. The van der Waals surface area contributed by atoms with Crippen molar-refractivity contribution in [2.24, 2.45) is 0 Å². The summed E-state index contributed by atoms with van der Waals surface area (Å²) in [6.45, 7) is 8.34. The normalized spacial score (nSPS) is 13.5. The number of anilines is 1. The molecule has 0 spiro atoms. The predicted octanol–water partition coefficient (Wildman–Crippen LogP) is 5.41. The molecule has 0 bridgehead atoms. The van der Waals surface area contributed by atoms with Crippen LogP contribution in [0.25, 0.3) is 11.1 Å². The number of nitrogens with zero attached hydrogens (tertiary/aromatic N) is 2. The second kappa shape index (κ2) is 13.7. The van der Waals surface area contributed by atoms with Crippen molar-refractivity contribution >= 4 is 11.7 Å². The number of pyridine rings is 1. The third-order valence-electron chi connectivity index (χ3n) is 7.10. The van der Waals surface area contributed by atoms with Crippen molar-refractivity contribution in [2.75, 3.05) is 38.1 Å². The Kier molecular flexibility index (Phi) is 9.40. The number of rotatable bonds is 10. The molecule has 206 valence electrons. The quantitative estimate of drug-likeness (QED) is 0.253. The minimum Gasteiger partial charge on any atom is -0.493 e. The van der Waals surface area contributed by atoms with Crippen molar-refractivity contribution in [3.05, 3.63) is 114 Å². The molecule has 2 heterocycles. The summed E-state index contributed by atoms with van der Waals surface area (Å²) in [6.07, 6.45) is 4.24. The lowest BCUT2D eigenvalue weighted by molar-refractivity contribution is 0.233. The van der Waals surface area contributed by atoms with E-state index in [1.807, 2.05) is 36.4 Å². The number of aromatic nitrogens is 1. The number of carbonyl (C=O) groups excluding carboxylic acids is 1. The fourth-order valence-corrected chi connectivity index (χ4v) is 4.96. The maximum Gasteiger partial charge on any atom is 0.319 e. The van der Waals surface area contributed by atoms with Gasteiger partial charge >= 0.3 is 6.03 Å². The smallest absolute Gasteiger partial charge is 0.319 e. The van der Waals surface area contributed by atoms with Crippen LogP contribution in [0.1, 0.15) is 22.3 Å². The van der Waals surface area contributed by atoms with Crippen molar-refractivity contribution in [1.29, 1.82) is 0 Å². The van der Waals surface area contributed by atoms with Crippen LogP contribution in [-0.4, -0.2) is 48.7 Å². The molecule has 1 saturated heterocycles. The van der Waals surface area contributed by atoms with Crippen molar-refractivity contribution in [3.8, 4) is 16.9 Å². The number of hydrogen-bond donors (Lipinski definition) is 3. The van der Waals surface area contributed by atoms with E-state index in [-0.39, 0.29) is 6.03 Å². The highest BCUT2D eigenvalue weighted by molar-refractivity contribution is 5.89. The van der Waals surface area contributed by atoms with Gasteiger partial charge in [-0.3, -0.25) is 9.88 Å². The van der Waals surface area contributed by atoms with Crippen LogP contribution < -0.4 is 20.7 Å². The minimum absolute atomic E-state index is 0.262. The number of aryl methyl sites for hydroxylation is 1. The second-order valence-electron chi connectivity index (χ2n) is 10.1. The van der Waals surface area contributed by atoms with E-state index in [1.165, 1.54) is 27.8 Å². The number of piperazine rings is 1. The summed E-state index contributed by atoms with van der Waals surface area (Å²) < 4.78 is 6.10. The Labute approximate surface area is 236 Å². The van der Waals surface area contributed by atoms with Crippen LogP contribution in [0.3, 0.4) is 0 Å². The first-order valence-electron chi connectivity index (χ1n) is 13.9. The number of carbonyl (C=O) groups is 1. The summed E-state index contributed by atoms with van der Waals surface area (Å²) in [5, 5.41) is 9.13. The van der Waals surface area contributed by atoms with Gasteiger partial charge < -0.3 is 20.7 Å². The molecule has 1 aliphatic rings. The topological polar surface area (TPSA) is 78.5 Å². The van der Waals surface area contributed by atoms with Gasteiger partial charge in [0.1, 0.15) is 5.75 Å². The number of nitrogens with one attached hydrogen (secondary N) is 3. The summed E-state index contributed by atoms with van der Waals surface area (Å²) in [6, 6.07) is 26.5. The van der Waals surface area contributed by atoms with Gasteiger partial charge in [-0.15, -0.1) is 0 Å². The number of ether oxygens (including phenoxy) is 1. The van der Waals surface area contributed by atoms with E-state index in [4.69, 9.17) is 4.74 Å². The SMILES string of the molecule is Cc1ccc(CCOc2ccc(NC(=O)NCc3cccnc3)cc2)c(-c2ccccc2CN2CCNCC2)c1. The van der Waals surface area contributed by atoms with Crippen molar-refractivity contribution in [1.82, 2.24) is 20.5 Å². The van der Waals surface area contributed by atoms with Crippen LogP contribution in [0, 0.1) is 6.92 Å². The van der Waals surface area contributed by atoms with Crippen LogP contribution in [-0.2, 0) is 19.5 Å². The molecule has 0 saturated carbocycles. The van der Waals surface area contributed by atoms with Crippen molar-refractivity contribution in [2.45, 2.75) is 26.4 Å². The highest BCUT2D eigenvalue weighted by Gasteiger charge is 2.15. The third-order valence-corrected chi connectivity index (χ3v) is 7.10. The molecule has 7 nitrogen and oxygen atoms in total. The van der Waals surface area contributed by atoms with Crippen LogP contribution in [0.2, 0.25) is 0 Å². The number of amides is 2. The van der Waals surface area contributed by atoms with E-state index in [2.05, 4.69) is 75.2 Å². The third kappa shape index (κ3) is 7.68. The molecule has 0 radical (unpaired) electrons. The molecular weight excluding hydrogens is 498 g/mol. The molecule has 2 amide bonds. The standard InChI is InChI=1S/C33H37N5O2/c1-25-8-9-27(32(21-25)31-7-3-2-6-28(31)24-38-18-16-34-17-19-38)14-20-40-30-12-10-29(11-13-30)37-33(39)36-23-26-5-4-15-35-22-26/h2-13,15,21-22,34H,14,16-20,23-24H2,1H3,(H2,36,37,39). The van der Waals surface area contributed by atoms with Gasteiger partial charge in [-0.2, -0.15) is 0 Å². The number of benzene rings is 3. The van der Waals surface area contributed by atoms with Gasteiger partial charge in [0.2, 0.25) is 0 Å². The molecule has 0 atom stereocenters. The zero-order valence-corrected chi connectivity index (χ0v) is 23.0. The van der Waals surface area contributed by atoms with E-state index >= 15 is 0 Å². The lowest BCUT2D eigenvalue weighted by Crippen LogP contribution is -2.42. The van der Waals surface area contributed by atoms with Crippen LogP contribution >= 0.6 is 0 Å². The van der Waals surface area contributed by atoms with Gasteiger partial charge in [0.15, 0.2) is 0 Å². The van der Waals surface area contributed by atoms with Gasteiger partial charge in [-0.05, 0) is 65.1 Å². The molecule has 40 heavy (non-hydrogen) atoms. The average molecular weight is 536 g/mol. The summed E-state index contributed by atoms with van der Waals surface area (Å²) in [7, 11) is 0. The van der Waals surface area contributed by atoms with Gasteiger partial charge in [-0.25, -0.2) is 4.79 Å². The van der Waals surface area contributed by atoms with Crippen molar-refractivity contribution in [3.63, 3.8) is 0 Å². The van der Waals surface area contributed by atoms with E-state index in [0.29, 0.717) is 18.8 Å². The molecule has 7 heteroatoms. The summed E-state index contributed by atoms with van der Waals surface area (Å²) in [4.78, 5) is 18.8. The summed E-state index contributed by atoms with van der Waals surface area (Å²) in [5.74, 6) is 0.772. The number of hydrogen-bond acceptors (Lipinski definition) is 5. The molecule has 5 rings (SSSR count). The predicted molar refractivity (Wildman–Crippen MR) is 160 cm³/mol. The Bertz CT molecular complexity index is 1390. The first kappa shape index (κ1) is 27.4. The molecular formula is C33H37N5O2. The van der Waals surface area contributed by atoms with Gasteiger partial charge in [0, 0.05) is 63.8 Å². The summed E-state index contributed by atoms with van der Waals surface area (Å²) >= 11 is 0. The highest BCUT2D eigenvalue weighted by Crippen LogP contribution is 2.30. The van der Waals surface area contributed by atoms with E-state index in [1.54, 1.807) is 12.4 Å². The Hall–Kier alpha value is -4.20. The molecule has 3 N–H and O–H groups in total. The highest BCUT2D eigenvalue weighted by atomic mass is 16.5. The lowest BCUT2D eigenvalue weighted by atomic mass is 9.92. The molecule has 1 fully saturated rings. The fourth-order valence-electron chi connectivity index (χ4n) is 4.96. The Morgan fingerprint density at radius 1 is 0.950 bits per heavy atom. The van der Waals surface area contributed by atoms with Crippen LogP contribution in [0.5, 0.6) is 5.75 Å². The van der Waals surface area contributed by atoms with Gasteiger partial charge in [0.25, 0.3) is 0 Å². The summed E-state index contributed by atoms with van der Waals surface area (Å²) in [5.41, 5.74) is 8.14. The Morgan fingerprint density at radius 3 is 2.58 bits per heavy atom. The van der Waals surface area contributed by atoms with E-state index in [9.17, 15) is 4.79 Å². The molecule has 0 unspecified atom stereocenters. The Morgan fingerprint density at radius 2 is 1.77 bits per heavy atom. The maximum absolute atomic E-state index is 12.2. The first-order chi connectivity index (χ1) is 19.6. The lowest BCUT2D eigenvalue weighted by Gasteiger charge is -2.28. The van der Waals surface area contributed by atoms with Gasteiger partial charge in [0.05, 0.1) is 6.61 Å². The van der Waals surface area contributed by atoms with Crippen LogP contribution in [0.15, 0.2) is 91.3 Å². The largest absolute Gasteiger partial charge is 0.493 e. The molecule has 0 aliphatic carbocycles. The monoisotopic (exact) mass is 535 g/mol. The van der Waals surface area contributed by atoms with Crippen LogP contribution in [0.4, 0.5) is 10.5 Å². The zero-order chi connectivity index (χ0) is 27.6. The molecule has 1 aliphatic heterocycles. The second-order valence-corrected chi connectivity index (χ2v) is 10.1. The van der Waals surface area contributed by atoms with E-state index in [0.717, 1.165) is 50.5 Å². The molecule has 4 aromatic rings. The van der Waals surface area contributed by atoms with Gasteiger partial charge in [-0.1, -0.05) is 54.1 Å². The fraction of sp³-hybridized carbons (Fsp3) is 0.273. The zero-order valence-electron chi connectivity index (χ0n) is 23.0. The maximum atomic E-state index is 12.2. The van der Waals surface area contributed by atoms with Crippen molar-refractivity contribution < 1.29 is 9.53 Å². The molecule has 1 aromatic heterocycles. The molecule has 3 aromatic carbocycles. The average Bonchev–Trinajstić information content (AvgIpc) is 2.99. The number of urea groups is 1. The first-order valence-corrected chi connectivity index (χ1v) is 13.9. The van der Waals surface area contributed by atoms with E-state index < -0.39 is 0 Å². The Balaban J connectivity index is 1.17.